The standard InChI is InChI=1S/C17H23NO6S/c1-3-23-16(19)11-10-14(18-17(20)24-4-2)12-13-25(21,22)15-8-6-5-7-9-15/h5-9,12-14H,3-4,10-11H2,1-2H3,(H,18,20)/b13-12+. The van der Waals surface area contributed by atoms with Crippen LogP contribution in [0.2, 0.25) is 0 Å². The van der Waals surface area contributed by atoms with Gasteiger partial charge in [-0.05, 0) is 32.4 Å². The molecule has 1 amide bonds. The first kappa shape index (κ1) is 20.7. The van der Waals surface area contributed by atoms with Crippen molar-refractivity contribution in [2.75, 3.05) is 13.2 Å². The molecule has 0 spiro atoms. The molecule has 1 rings (SSSR count). The van der Waals surface area contributed by atoms with Crippen LogP contribution in [0.1, 0.15) is 26.7 Å². The minimum absolute atomic E-state index is 0.0423. The minimum Gasteiger partial charge on any atom is -0.466 e. The Morgan fingerprint density at radius 3 is 2.36 bits per heavy atom. The number of rotatable bonds is 9. The van der Waals surface area contributed by atoms with Crippen molar-refractivity contribution in [2.45, 2.75) is 37.6 Å². The van der Waals surface area contributed by atoms with E-state index >= 15 is 0 Å². The van der Waals surface area contributed by atoms with Crippen molar-refractivity contribution in [2.24, 2.45) is 0 Å². The summed E-state index contributed by atoms with van der Waals surface area (Å²) in [4.78, 5) is 23.2. The van der Waals surface area contributed by atoms with Crippen LogP contribution in [0, 0.1) is 0 Å². The maximum atomic E-state index is 12.3. The number of hydrogen-bond acceptors (Lipinski definition) is 6. The third kappa shape index (κ3) is 7.84. The Kier molecular flexibility index (Phi) is 8.69. The van der Waals surface area contributed by atoms with Gasteiger partial charge in [0.05, 0.1) is 24.2 Å². The van der Waals surface area contributed by atoms with Crippen molar-refractivity contribution in [3.8, 4) is 0 Å². The van der Waals surface area contributed by atoms with Crippen LogP contribution in [-0.4, -0.2) is 39.7 Å². The fourth-order valence-electron chi connectivity index (χ4n) is 1.93. The fraction of sp³-hybridized carbons (Fsp3) is 0.412. The van der Waals surface area contributed by atoms with E-state index in [0.717, 1.165) is 5.41 Å². The molecule has 138 valence electrons. The lowest BCUT2D eigenvalue weighted by atomic mass is 10.1. The smallest absolute Gasteiger partial charge is 0.407 e. The molecule has 0 fully saturated rings. The van der Waals surface area contributed by atoms with E-state index in [2.05, 4.69) is 5.32 Å². The average Bonchev–Trinajstić information content (AvgIpc) is 2.58. The minimum atomic E-state index is -3.64. The molecular formula is C17H23NO6S. The highest BCUT2D eigenvalue weighted by Gasteiger charge is 2.15. The molecule has 1 aromatic carbocycles. The monoisotopic (exact) mass is 369 g/mol. The van der Waals surface area contributed by atoms with Crippen LogP contribution in [0.25, 0.3) is 0 Å². The Bertz CT molecular complexity index is 684. The quantitative estimate of drug-likeness (QED) is 0.671. The summed E-state index contributed by atoms with van der Waals surface area (Å²) >= 11 is 0. The molecule has 0 aliphatic rings. The molecule has 8 heteroatoms. The van der Waals surface area contributed by atoms with Crippen molar-refractivity contribution in [1.29, 1.82) is 0 Å². The largest absolute Gasteiger partial charge is 0.466 e. The zero-order chi connectivity index (χ0) is 18.7. The van der Waals surface area contributed by atoms with Crippen LogP contribution in [0.15, 0.2) is 46.7 Å². The number of amides is 1. The number of sulfone groups is 1. The van der Waals surface area contributed by atoms with Crippen LogP contribution < -0.4 is 5.32 Å². The Balaban J connectivity index is 2.83. The van der Waals surface area contributed by atoms with Gasteiger partial charge in [0.15, 0.2) is 9.84 Å². The summed E-state index contributed by atoms with van der Waals surface area (Å²) in [6.07, 6.45) is 0.885. The summed E-state index contributed by atoms with van der Waals surface area (Å²) in [6.45, 7) is 3.79. The Hall–Kier alpha value is -2.35. The van der Waals surface area contributed by atoms with Crippen molar-refractivity contribution >= 4 is 21.9 Å². The van der Waals surface area contributed by atoms with Crippen LogP contribution in [0.3, 0.4) is 0 Å². The van der Waals surface area contributed by atoms with Crippen LogP contribution in [0.5, 0.6) is 0 Å². The summed E-state index contributed by atoms with van der Waals surface area (Å²) < 4.78 is 34.2. The van der Waals surface area contributed by atoms with Gasteiger partial charge in [0.1, 0.15) is 0 Å². The molecule has 25 heavy (non-hydrogen) atoms. The van der Waals surface area contributed by atoms with Gasteiger partial charge in [-0.1, -0.05) is 24.3 Å². The summed E-state index contributed by atoms with van der Waals surface area (Å²) in [5.41, 5.74) is 0. The van der Waals surface area contributed by atoms with E-state index in [-0.39, 0.29) is 31.0 Å². The van der Waals surface area contributed by atoms with E-state index in [1.807, 2.05) is 0 Å². The summed E-state index contributed by atoms with van der Waals surface area (Å²) in [7, 11) is -3.64. The van der Waals surface area contributed by atoms with E-state index in [0.29, 0.717) is 0 Å². The first-order chi connectivity index (χ1) is 11.9. The highest BCUT2D eigenvalue weighted by Crippen LogP contribution is 2.12. The molecule has 0 bridgehead atoms. The van der Waals surface area contributed by atoms with Gasteiger partial charge < -0.3 is 14.8 Å². The Morgan fingerprint density at radius 2 is 1.76 bits per heavy atom. The first-order valence-electron chi connectivity index (χ1n) is 7.96. The predicted octanol–water partition coefficient (Wildman–Crippen LogP) is 2.43. The number of alkyl carbamates (subject to hydrolysis) is 1. The van der Waals surface area contributed by atoms with Gasteiger partial charge in [-0.3, -0.25) is 4.79 Å². The van der Waals surface area contributed by atoms with E-state index in [4.69, 9.17) is 9.47 Å². The van der Waals surface area contributed by atoms with Crippen molar-refractivity contribution in [3.05, 3.63) is 41.8 Å². The normalized spacial score (nSPS) is 12.6. The lowest BCUT2D eigenvalue weighted by molar-refractivity contribution is -0.143. The van der Waals surface area contributed by atoms with E-state index in [9.17, 15) is 18.0 Å². The second kappa shape index (κ2) is 10.5. The van der Waals surface area contributed by atoms with Crippen molar-refractivity contribution < 1.29 is 27.5 Å². The number of ether oxygens (including phenoxy) is 2. The highest BCUT2D eigenvalue weighted by atomic mass is 32.2. The topological polar surface area (TPSA) is 98.8 Å². The molecule has 0 saturated heterocycles. The SMILES string of the molecule is CCOC(=O)CCC(/C=C/S(=O)(=O)c1ccccc1)NC(=O)OCC. The molecule has 0 radical (unpaired) electrons. The Labute approximate surface area is 147 Å². The summed E-state index contributed by atoms with van der Waals surface area (Å²) in [5, 5.41) is 3.54. The fourth-order valence-corrected chi connectivity index (χ4v) is 3.02. The molecule has 1 aromatic rings. The maximum Gasteiger partial charge on any atom is 0.407 e. The van der Waals surface area contributed by atoms with Crippen molar-refractivity contribution in [1.82, 2.24) is 5.32 Å². The van der Waals surface area contributed by atoms with Gasteiger partial charge in [0.2, 0.25) is 0 Å². The molecule has 0 aliphatic carbocycles. The molecule has 1 N–H and O–H groups in total. The van der Waals surface area contributed by atoms with E-state index in [1.54, 1.807) is 32.0 Å². The van der Waals surface area contributed by atoms with Crippen LogP contribution in [-0.2, 0) is 24.1 Å². The number of benzene rings is 1. The molecule has 0 heterocycles. The molecule has 7 nitrogen and oxygen atoms in total. The molecule has 1 unspecified atom stereocenters. The summed E-state index contributed by atoms with van der Waals surface area (Å²) in [6, 6.07) is 7.23. The second-order valence-electron chi connectivity index (χ2n) is 5.00. The van der Waals surface area contributed by atoms with Gasteiger partial charge in [0.25, 0.3) is 0 Å². The predicted molar refractivity (Wildman–Crippen MR) is 92.6 cm³/mol. The maximum absolute atomic E-state index is 12.3. The van der Waals surface area contributed by atoms with Crippen molar-refractivity contribution in [3.63, 3.8) is 0 Å². The van der Waals surface area contributed by atoms with Gasteiger partial charge in [0, 0.05) is 11.8 Å². The lowest BCUT2D eigenvalue weighted by Crippen LogP contribution is -2.34. The zero-order valence-corrected chi connectivity index (χ0v) is 15.1. The van der Waals surface area contributed by atoms with E-state index < -0.39 is 27.9 Å². The van der Waals surface area contributed by atoms with Gasteiger partial charge >= 0.3 is 12.1 Å². The number of nitrogens with one attached hydrogen (secondary N) is 1. The van der Waals surface area contributed by atoms with Gasteiger partial charge in [-0.2, -0.15) is 0 Å². The Morgan fingerprint density at radius 1 is 1.12 bits per heavy atom. The number of carbonyl (C=O) groups is 2. The zero-order valence-electron chi connectivity index (χ0n) is 14.3. The third-order valence-electron chi connectivity index (χ3n) is 3.11. The van der Waals surface area contributed by atoms with Crippen LogP contribution >= 0.6 is 0 Å². The van der Waals surface area contributed by atoms with Gasteiger partial charge in [-0.15, -0.1) is 0 Å². The molecular weight excluding hydrogens is 346 g/mol. The highest BCUT2D eigenvalue weighted by molar-refractivity contribution is 7.94. The van der Waals surface area contributed by atoms with Gasteiger partial charge in [-0.25, -0.2) is 13.2 Å². The number of hydrogen-bond donors (Lipinski definition) is 1. The van der Waals surface area contributed by atoms with E-state index in [1.165, 1.54) is 18.2 Å². The van der Waals surface area contributed by atoms with Crippen LogP contribution in [0.4, 0.5) is 4.79 Å². The molecule has 1 atom stereocenters. The number of carbonyl (C=O) groups excluding carboxylic acids is 2. The summed E-state index contributed by atoms with van der Waals surface area (Å²) in [5.74, 6) is -0.419. The molecule has 0 saturated carbocycles. The first-order valence-corrected chi connectivity index (χ1v) is 9.51. The second-order valence-corrected chi connectivity index (χ2v) is 6.84. The lowest BCUT2D eigenvalue weighted by Gasteiger charge is -2.14. The average molecular weight is 369 g/mol. The molecule has 0 aliphatic heterocycles. The molecule has 0 aromatic heterocycles. The third-order valence-corrected chi connectivity index (χ3v) is 4.55. The number of esters is 1.